The third-order valence-electron chi connectivity index (χ3n) is 2.22. The molecule has 1 rings (SSSR count). The van der Waals surface area contributed by atoms with Crippen molar-refractivity contribution >= 4 is 33.0 Å². The van der Waals surface area contributed by atoms with E-state index in [4.69, 9.17) is 16.7 Å². The van der Waals surface area contributed by atoms with Crippen molar-refractivity contribution in [3.05, 3.63) is 10.2 Å². The first-order valence-corrected chi connectivity index (χ1v) is 7.78. The molecule has 2 N–H and O–H groups in total. The minimum Gasteiger partial charge on any atom is -0.396 e. The van der Waals surface area contributed by atoms with Crippen LogP contribution in [-0.4, -0.2) is 31.7 Å². The molecule has 1 unspecified atom stereocenters. The van der Waals surface area contributed by atoms with E-state index in [1.54, 1.807) is 6.92 Å². The number of aliphatic hydroxyl groups is 1. The van der Waals surface area contributed by atoms with Crippen molar-refractivity contribution < 1.29 is 13.5 Å². The van der Waals surface area contributed by atoms with Crippen molar-refractivity contribution in [3.8, 4) is 0 Å². The summed E-state index contributed by atoms with van der Waals surface area (Å²) in [5, 5.41) is 8.73. The van der Waals surface area contributed by atoms with Gasteiger partial charge in [0.2, 0.25) is 0 Å². The van der Waals surface area contributed by atoms with Crippen molar-refractivity contribution in [1.29, 1.82) is 0 Å². The fourth-order valence-corrected chi connectivity index (χ4v) is 4.19. The zero-order valence-electron chi connectivity index (χ0n) is 9.60. The summed E-state index contributed by atoms with van der Waals surface area (Å²) in [6, 6.07) is 0. The topological polar surface area (TPSA) is 79.3 Å². The first-order chi connectivity index (χ1) is 7.86. The van der Waals surface area contributed by atoms with E-state index in [-0.39, 0.29) is 27.7 Å². The highest BCUT2D eigenvalue weighted by atomic mass is 35.5. The maximum atomic E-state index is 11.9. The van der Waals surface area contributed by atoms with Crippen LogP contribution in [0.1, 0.15) is 19.0 Å². The Morgan fingerprint density at radius 2 is 2.24 bits per heavy atom. The van der Waals surface area contributed by atoms with Gasteiger partial charge in [0.1, 0.15) is 0 Å². The second kappa shape index (κ2) is 6.10. The van der Waals surface area contributed by atoms with Gasteiger partial charge in [-0.25, -0.2) is 18.1 Å². The van der Waals surface area contributed by atoms with E-state index < -0.39 is 10.0 Å². The Hall–Kier alpha value is -0.210. The largest absolute Gasteiger partial charge is 0.396 e. The summed E-state index contributed by atoms with van der Waals surface area (Å²) in [5.41, 5.74) is 0.405. The molecule has 0 saturated carbocycles. The normalized spacial score (nSPS) is 13.9. The Labute approximate surface area is 110 Å². The molecule has 98 valence electrons. The Morgan fingerprint density at radius 1 is 1.59 bits per heavy atom. The van der Waals surface area contributed by atoms with Crippen molar-refractivity contribution in [2.24, 2.45) is 5.92 Å². The summed E-state index contributed by atoms with van der Waals surface area (Å²) in [5.74, 6) is 0.0819. The van der Waals surface area contributed by atoms with Crippen LogP contribution in [-0.2, 0) is 10.0 Å². The lowest BCUT2D eigenvalue weighted by Crippen LogP contribution is -2.28. The number of aromatic nitrogens is 1. The van der Waals surface area contributed by atoms with Crippen LogP contribution in [0.4, 0.5) is 0 Å². The molecular formula is C9H15ClN2O3S2. The van der Waals surface area contributed by atoms with E-state index in [1.807, 2.05) is 6.92 Å². The zero-order valence-corrected chi connectivity index (χ0v) is 12.0. The maximum absolute atomic E-state index is 11.9. The average molecular weight is 299 g/mol. The van der Waals surface area contributed by atoms with Gasteiger partial charge in [-0.1, -0.05) is 29.9 Å². The van der Waals surface area contributed by atoms with Crippen LogP contribution in [0.15, 0.2) is 4.21 Å². The predicted molar refractivity (Wildman–Crippen MR) is 67.9 cm³/mol. The fourth-order valence-electron chi connectivity index (χ4n) is 1.24. The van der Waals surface area contributed by atoms with Gasteiger partial charge in [0.05, 0.1) is 5.69 Å². The van der Waals surface area contributed by atoms with Crippen molar-refractivity contribution in [2.45, 2.75) is 24.5 Å². The lowest BCUT2D eigenvalue weighted by Gasteiger charge is -2.10. The fraction of sp³-hybridized carbons (Fsp3) is 0.667. The molecule has 0 fully saturated rings. The molecule has 0 bridgehead atoms. The van der Waals surface area contributed by atoms with Crippen LogP contribution in [0.3, 0.4) is 0 Å². The number of hydrogen-bond donors (Lipinski definition) is 2. The highest BCUT2D eigenvalue weighted by Gasteiger charge is 2.21. The third-order valence-corrected chi connectivity index (χ3v) is 5.51. The molecule has 0 spiro atoms. The molecule has 0 aliphatic rings. The van der Waals surface area contributed by atoms with Crippen molar-refractivity contribution in [3.63, 3.8) is 0 Å². The molecule has 0 aromatic carbocycles. The van der Waals surface area contributed by atoms with E-state index in [0.29, 0.717) is 12.1 Å². The molecule has 1 heterocycles. The van der Waals surface area contributed by atoms with Crippen LogP contribution in [0.25, 0.3) is 0 Å². The number of aryl methyl sites for hydroxylation is 1. The lowest BCUT2D eigenvalue weighted by atomic mass is 10.1. The van der Waals surface area contributed by atoms with Gasteiger partial charge in [0, 0.05) is 13.2 Å². The van der Waals surface area contributed by atoms with Crippen LogP contribution in [0, 0.1) is 12.8 Å². The summed E-state index contributed by atoms with van der Waals surface area (Å²) in [7, 11) is -3.54. The van der Waals surface area contributed by atoms with E-state index in [0.717, 1.165) is 11.3 Å². The van der Waals surface area contributed by atoms with Gasteiger partial charge in [0.25, 0.3) is 10.0 Å². The monoisotopic (exact) mass is 298 g/mol. The second-order valence-corrected chi connectivity index (χ2v) is 7.35. The van der Waals surface area contributed by atoms with E-state index >= 15 is 0 Å². The van der Waals surface area contributed by atoms with Gasteiger partial charge < -0.3 is 5.11 Å². The highest BCUT2D eigenvalue weighted by Crippen LogP contribution is 2.26. The van der Waals surface area contributed by atoms with Gasteiger partial charge in [-0.3, -0.25) is 0 Å². The summed E-state index contributed by atoms with van der Waals surface area (Å²) < 4.78 is 26.7. The molecule has 8 heteroatoms. The quantitative estimate of drug-likeness (QED) is 0.832. The van der Waals surface area contributed by atoms with Crippen LogP contribution < -0.4 is 4.72 Å². The minimum absolute atomic E-state index is 0.0499. The SMILES string of the molecule is Cc1nc(Cl)sc1S(=O)(=O)NCC(C)CCO. The van der Waals surface area contributed by atoms with Gasteiger partial charge >= 0.3 is 0 Å². The smallest absolute Gasteiger partial charge is 0.251 e. The summed E-state index contributed by atoms with van der Waals surface area (Å²) in [6.07, 6.45) is 0.560. The molecule has 1 aromatic rings. The molecule has 0 saturated heterocycles. The molecule has 5 nitrogen and oxygen atoms in total. The molecular weight excluding hydrogens is 284 g/mol. The van der Waals surface area contributed by atoms with Gasteiger partial charge in [-0.2, -0.15) is 0 Å². The molecule has 0 amide bonds. The Balaban J connectivity index is 2.73. The number of nitrogens with zero attached hydrogens (tertiary/aromatic N) is 1. The van der Waals surface area contributed by atoms with E-state index in [1.165, 1.54) is 0 Å². The number of nitrogens with one attached hydrogen (secondary N) is 1. The summed E-state index contributed by atoms with van der Waals surface area (Å²) in [4.78, 5) is 3.87. The van der Waals surface area contributed by atoms with Crippen LogP contribution in [0.5, 0.6) is 0 Å². The number of rotatable bonds is 6. The Kier molecular flexibility index (Phi) is 5.33. The summed E-state index contributed by atoms with van der Waals surface area (Å²) in [6.45, 7) is 3.81. The standard InChI is InChI=1S/C9H15ClN2O3S2/c1-6(3-4-13)5-11-17(14,15)8-7(2)12-9(10)16-8/h6,11,13H,3-5H2,1-2H3. The highest BCUT2D eigenvalue weighted by molar-refractivity contribution is 7.91. The van der Waals surface area contributed by atoms with Crippen LogP contribution >= 0.6 is 22.9 Å². The second-order valence-electron chi connectivity index (χ2n) is 3.81. The van der Waals surface area contributed by atoms with Gasteiger partial charge in [-0.05, 0) is 19.3 Å². The van der Waals surface area contributed by atoms with Gasteiger partial charge in [0.15, 0.2) is 8.68 Å². The number of thiazole rings is 1. The number of hydrogen-bond acceptors (Lipinski definition) is 5. The number of aliphatic hydroxyl groups excluding tert-OH is 1. The van der Waals surface area contributed by atoms with E-state index in [2.05, 4.69) is 9.71 Å². The molecule has 0 radical (unpaired) electrons. The van der Waals surface area contributed by atoms with Crippen molar-refractivity contribution in [2.75, 3.05) is 13.2 Å². The summed E-state index contributed by atoms with van der Waals surface area (Å²) >= 11 is 6.61. The molecule has 17 heavy (non-hydrogen) atoms. The predicted octanol–water partition coefficient (Wildman–Crippen LogP) is 1.40. The minimum atomic E-state index is -3.54. The third kappa shape index (κ3) is 4.18. The van der Waals surface area contributed by atoms with Crippen LogP contribution in [0.2, 0.25) is 4.47 Å². The molecule has 1 atom stereocenters. The zero-order chi connectivity index (χ0) is 13.1. The van der Waals surface area contributed by atoms with E-state index in [9.17, 15) is 8.42 Å². The van der Waals surface area contributed by atoms with Gasteiger partial charge in [-0.15, -0.1) is 0 Å². The first kappa shape index (κ1) is 14.8. The molecule has 0 aliphatic carbocycles. The molecule has 0 aliphatic heterocycles. The molecule has 1 aromatic heterocycles. The first-order valence-electron chi connectivity index (χ1n) is 5.10. The number of sulfonamides is 1. The Bertz CT molecular complexity index is 473. The number of halogens is 1. The van der Waals surface area contributed by atoms with Crippen molar-refractivity contribution in [1.82, 2.24) is 9.71 Å². The Morgan fingerprint density at radius 3 is 2.71 bits per heavy atom. The lowest BCUT2D eigenvalue weighted by molar-refractivity contribution is 0.263. The average Bonchev–Trinajstić information content (AvgIpc) is 2.56. The maximum Gasteiger partial charge on any atom is 0.251 e.